The Labute approximate surface area is 175 Å². The SMILES string of the molecule is Cc1cc(CS(=O)(=O)c2cccc(/C=C/C(=O)Nc3ccccc3N)c2)ccc1F. The number of hydrogen-bond donors (Lipinski definition) is 2. The lowest BCUT2D eigenvalue weighted by molar-refractivity contribution is -0.111. The van der Waals surface area contributed by atoms with Crippen LogP contribution in [-0.2, 0) is 20.4 Å². The van der Waals surface area contributed by atoms with Crippen molar-refractivity contribution in [3.05, 3.63) is 95.3 Å². The summed E-state index contributed by atoms with van der Waals surface area (Å²) in [5.74, 6) is -1.00. The molecular formula is C23H21FN2O3S. The van der Waals surface area contributed by atoms with Gasteiger partial charge in [0.05, 0.1) is 22.0 Å². The molecule has 7 heteroatoms. The average Bonchev–Trinajstić information content (AvgIpc) is 2.71. The maximum Gasteiger partial charge on any atom is 0.248 e. The predicted octanol–water partition coefficient (Wildman–Crippen LogP) is 4.34. The number of amides is 1. The van der Waals surface area contributed by atoms with E-state index in [-0.39, 0.29) is 22.4 Å². The summed E-state index contributed by atoms with van der Waals surface area (Å²) >= 11 is 0. The first-order valence-electron chi connectivity index (χ1n) is 9.16. The monoisotopic (exact) mass is 424 g/mol. The lowest BCUT2D eigenvalue weighted by Crippen LogP contribution is -2.09. The van der Waals surface area contributed by atoms with Crippen LogP contribution in [0.1, 0.15) is 16.7 Å². The first-order chi connectivity index (χ1) is 14.2. The van der Waals surface area contributed by atoms with E-state index in [4.69, 9.17) is 5.73 Å². The van der Waals surface area contributed by atoms with Crippen LogP contribution in [0.15, 0.2) is 77.7 Å². The van der Waals surface area contributed by atoms with Crippen LogP contribution in [0.3, 0.4) is 0 Å². The van der Waals surface area contributed by atoms with Gasteiger partial charge in [-0.1, -0.05) is 36.4 Å². The molecule has 0 heterocycles. The highest BCUT2D eigenvalue weighted by atomic mass is 32.2. The molecule has 0 radical (unpaired) electrons. The number of halogens is 1. The number of carbonyl (C=O) groups excluding carboxylic acids is 1. The molecule has 30 heavy (non-hydrogen) atoms. The Morgan fingerprint density at radius 3 is 2.57 bits per heavy atom. The fraction of sp³-hybridized carbons (Fsp3) is 0.0870. The summed E-state index contributed by atoms with van der Waals surface area (Å²) in [4.78, 5) is 12.2. The van der Waals surface area contributed by atoms with E-state index in [2.05, 4.69) is 5.32 Å². The molecule has 0 bridgehead atoms. The van der Waals surface area contributed by atoms with E-state index in [9.17, 15) is 17.6 Å². The molecule has 3 aromatic rings. The van der Waals surface area contributed by atoms with E-state index in [0.29, 0.717) is 28.1 Å². The van der Waals surface area contributed by atoms with Crippen molar-refractivity contribution in [3.8, 4) is 0 Å². The quantitative estimate of drug-likeness (QED) is 0.455. The number of nitrogens with two attached hydrogens (primary N) is 1. The minimum Gasteiger partial charge on any atom is -0.397 e. The molecule has 3 N–H and O–H groups in total. The highest BCUT2D eigenvalue weighted by Gasteiger charge is 2.16. The summed E-state index contributed by atoms with van der Waals surface area (Å²) < 4.78 is 38.9. The molecule has 0 unspecified atom stereocenters. The van der Waals surface area contributed by atoms with E-state index in [1.54, 1.807) is 43.3 Å². The third-order valence-corrected chi connectivity index (χ3v) is 6.13. The number of nitrogens with one attached hydrogen (secondary N) is 1. The van der Waals surface area contributed by atoms with Crippen LogP contribution in [0.4, 0.5) is 15.8 Å². The topological polar surface area (TPSA) is 89.3 Å². The molecular weight excluding hydrogens is 403 g/mol. The molecule has 0 saturated carbocycles. The predicted molar refractivity (Wildman–Crippen MR) is 117 cm³/mol. The molecule has 5 nitrogen and oxygen atoms in total. The molecule has 3 rings (SSSR count). The minimum absolute atomic E-state index is 0.124. The largest absolute Gasteiger partial charge is 0.397 e. The Bertz CT molecular complexity index is 1220. The number of nitrogen functional groups attached to an aromatic ring is 1. The van der Waals surface area contributed by atoms with Gasteiger partial charge in [-0.3, -0.25) is 4.79 Å². The van der Waals surface area contributed by atoms with Gasteiger partial charge in [-0.2, -0.15) is 0 Å². The maximum atomic E-state index is 13.4. The smallest absolute Gasteiger partial charge is 0.248 e. The second-order valence-electron chi connectivity index (χ2n) is 6.82. The second kappa shape index (κ2) is 8.92. The van der Waals surface area contributed by atoms with Crippen LogP contribution < -0.4 is 11.1 Å². The number of benzene rings is 3. The maximum absolute atomic E-state index is 13.4. The molecule has 1 amide bonds. The molecule has 0 fully saturated rings. The molecule has 0 aromatic heterocycles. The number of carbonyl (C=O) groups is 1. The van der Waals surface area contributed by atoms with Crippen molar-refractivity contribution in [1.29, 1.82) is 0 Å². The van der Waals surface area contributed by atoms with E-state index < -0.39 is 9.84 Å². The van der Waals surface area contributed by atoms with Crippen molar-refractivity contribution in [2.75, 3.05) is 11.1 Å². The number of rotatable bonds is 6. The number of hydrogen-bond acceptors (Lipinski definition) is 4. The van der Waals surface area contributed by atoms with Gasteiger partial charge in [0.25, 0.3) is 0 Å². The Morgan fingerprint density at radius 1 is 1.07 bits per heavy atom. The average molecular weight is 424 g/mol. The summed E-state index contributed by atoms with van der Waals surface area (Å²) in [5, 5.41) is 2.67. The van der Waals surface area contributed by atoms with Crippen LogP contribution in [0, 0.1) is 12.7 Å². The Morgan fingerprint density at radius 2 is 1.83 bits per heavy atom. The van der Waals surface area contributed by atoms with E-state index in [0.717, 1.165) is 0 Å². The Balaban J connectivity index is 1.74. The number of para-hydroxylation sites is 2. The van der Waals surface area contributed by atoms with Crippen LogP contribution in [0.25, 0.3) is 6.08 Å². The summed E-state index contributed by atoms with van der Waals surface area (Å²) in [6.45, 7) is 1.59. The third-order valence-electron chi connectivity index (χ3n) is 4.44. The van der Waals surface area contributed by atoms with Crippen molar-refractivity contribution >= 4 is 33.2 Å². The van der Waals surface area contributed by atoms with Gasteiger partial charge in [-0.05, 0) is 60.0 Å². The zero-order valence-corrected chi connectivity index (χ0v) is 17.1. The molecule has 3 aromatic carbocycles. The molecule has 0 atom stereocenters. The zero-order valence-electron chi connectivity index (χ0n) is 16.3. The fourth-order valence-corrected chi connectivity index (χ4v) is 4.25. The summed E-state index contributed by atoms with van der Waals surface area (Å²) in [6, 6.07) is 17.4. The van der Waals surface area contributed by atoms with Gasteiger partial charge in [0, 0.05) is 6.08 Å². The van der Waals surface area contributed by atoms with Crippen molar-refractivity contribution in [1.82, 2.24) is 0 Å². The van der Waals surface area contributed by atoms with Gasteiger partial charge >= 0.3 is 0 Å². The van der Waals surface area contributed by atoms with Crippen LogP contribution >= 0.6 is 0 Å². The first-order valence-corrected chi connectivity index (χ1v) is 10.8. The van der Waals surface area contributed by atoms with E-state index in [1.807, 2.05) is 0 Å². The van der Waals surface area contributed by atoms with Crippen molar-refractivity contribution in [3.63, 3.8) is 0 Å². The standard InChI is InChI=1S/C23H21FN2O3S/c1-16-13-18(9-11-20(16)24)15-30(28,29)19-6-4-5-17(14-19)10-12-23(27)26-22-8-3-2-7-21(22)25/h2-14H,15,25H2,1H3,(H,26,27)/b12-10+. The molecule has 0 aliphatic rings. The van der Waals surface area contributed by atoms with Crippen LogP contribution in [-0.4, -0.2) is 14.3 Å². The zero-order chi connectivity index (χ0) is 21.7. The van der Waals surface area contributed by atoms with Crippen molar-refractivity contribution in [2.24, 2.45) is 0 Å². The van der Waals surface area contributed by atoms with Crippen LogP contribution in [0.5, 0.6) is 0 Å². The van der Waals surface area contributed by atoms with Crippen molar-refractivity contribution < 1.29 is 17.6 Å². The number of anilines is 2. The van der Waals surface area contributed by atoms with E-state index >= 15 is 0 Å². The van der Waals surface area contributed by atoms with Gasteiger partial charge in [0.15, 0.2) is 9.84 Å². The number of sulfone groups is 1. The molecule has 0 saturated heterocycles. The van der Waals surface area contributed by atoms with Crippen molar-refractivity contribution in [2.45, 2.75) is 17.6 Å². The summed E-state index contributed by atoms with van der Waals surface area (Å²) in [7, 11) is -3.63. The van der Waals surface area contributed by atoms with Gasteiger partial charge in [-0.15, -0.1) is 0 Å². The van der Waals surface area contributed by atoms with E-state index in [1.165, 1.54) is 42.5 Å². The highest BCUT2D eigenvalue weighted by molar-refractivity contribution is 7.90. The molecule has 0 aliphatic heterocycles. The molecule has 154 valence electrons. The lowest BCUT2D eigenvalue weighted by Gasteiger charge is -2.07. The summed E-state index contributed by atoms with van der Waals surface area (Å²) in [5.41, 5.74) is 8.20. The van der Waals surface area contributed by atoms with Crippen LogP contribution in [0.2, 0.25) is 0 Å². The molecule has 0 aliphatic carbocycles. The third kappa shape index (κ3) is 5.33. The van der Waals surface area contributed by atoms with Gasteiger partial charge in [0.2, 0.25) is 5.91 Å². The van der Waals surface area contributed by atoms with Gasteiger partial charge in [0.1, 0.15) is 5.82 Å². The van der Waals surface area contributed by atoms with Gasteiger partial charge < -0.3 is 11.1 Å². The number of aryl methyl sites for hydroxylation is 1. The highest BCUT2D eigenvalue weighted by Crippen LogP contribution is 2.20. The summed E-state index contributed by atoms with van der Waals surface area (Å²) in [6.07, 6.45) is 2.83. The fourth-order valence-electron chi connectivity index (χ4n) is 2.87. The minimum atomic E-state index is -3.63. The lowest BCUT2D eigenvalue weighted by atomic mass is 10.1. The Hall–Kier alpha value is -3.45. The normalized spacial score (nSPS) is 11.5. The van der Waals surface area contributed by atoms with Gasteiger partial charge in [-0.25, -0.2) is 12.8 Å². The Kier molecular flexibility index (Phi) is 6.32. The first kappa shape index (κ1) is 21.3. The molecule has 0 spiro atoms. The second-order valence-corrected chi connectivity index (χ2v) is 8.81.